The molecule has 1 atom stereocenters. The van der Waals surface area contributed by atoms with Crippen molar-refractivity contribution in [3.8, 4) is 0 Å². The fourth-order valence-electron chi connectivity index (χ4n) is 2.39. The van der Waals surface area contributed by atoms with E-state index in [0.717, 1.165) is 23.3 Å². The average molecular weight is 324 g/mol. The lowest BCUT2D eigenvalue weighted by Gasteiger charge is -2.30. The van der Waals surface area contributed by atoms with Crippen molar-refractivity contribution in [2.45, 2.75) is 16.5 Å². The monoisotopic (exact) mass is 324 g/mol. The maximum absolute atomic E-state index is 12.2. The number of fused-ring (bicyclic) bond motifs is 1. The summed E-state index contributed by atoms with van der Waals surface area (Å²) in [4.78, 5) is 14.5. The molecule has 0 saturated heterocycles. The summed E-state index contributed by atoms with van der Waals surface area (Å²) in [7, 11) is -3.84. The summed E-state index contributed by atoms with van der Waals surface area (Å²) in [6, 6.07) is 7.88. The highest BCUT2D eigenvalue weighted by atomic mass is 32.2. The number of nitrogens with one attached hydrogen (secondary N) is 1. The quantitative estimate of drug-likeness (QED) is 0.868. The maximum atomic E-state index is 12.2. The molecule has 0 saturated carbocycles. The van der Waals surface area contributed by atoms with E-state index in [-0.39, 0.29) is 16.7 Å². The summed E-state index contributed by atoms with van der Waals surface area (Å²) >= 11 is 0.805. The van der Waals surface area contributed by atoms with Crippen LogP contribution in [0.2, 0.25) is 0 Å². The highest BCUT2D eigenvalue weighted by Crippen LogP contribution is 2.34. The number of carboxylic acids is 1. The van der Waals surface area contributed by atoms with Crippen LogP contribution in [0.4, 0.5) is 0 Å². The number of sulfonamides is 1. The Hall–Kier alpha value is -1.77. The molecule has 0 radical (unpaired) electrons. The smallest absolute Gasteiger partial charge is 0.356 e. The molecule has 0 bridgehead atoms. The Morgan fingerprint density at radius 3 is 2.90 bits per heavy atom. The van der Waals surface area contributed by atoms with Gasteiger partial charge in [-0.1, -0.05) is 24.3 Å². The van der Waals surface area contributed by atoms with Crippen LogP contribution in [0.3, 0.4) is 0 Å². The second-order valence-electron chi connectivity index (χ2n) is 4.75. The Bertz CT molecular complexity index is 798. The normalized spacial score (nSPS) is 17.0. The first-order valence-electron chi connectivity index (χ1n) is 6.23. The van der Waals surface area contributed by atoms with Gasteiger partial charge in [0, 0.05) is 12.5 Å². The molecule has 6 nitrogen and oxygen atoms in total. The van der Waals surface area contributed by atoms with Crippen LogP contribution in [0.5, 0.6) is 0 Å². The van der Waals surface area contributed by atoms with E-state index in [1.165, 1.54) is 11.1 Å². The predicted octanol–water partition coefficient (Wildman–Crippen LogP) is 1.46. The summed E-state index contributed by atoms with van der Waals surface area (Å²) in [5.74, 6) is -1.21. The summed E-state index contributed by atoms with van der Waals surface area (Å²) in [5, 5.41) is 8.93. The number of thiazole rings is 1. The molecular weight excluding hydrogens is 312 g/mol. The molecule has 1 heterocycles. The predicted molar refractivity (Wildman–Crippen MR) is 77.1 cm³/mol. The fourth-order valence-corrected chi connectivity index (χ4v) is 4.65. The minimum absolute atomic E-state index is 0.136. The van der Waals surface area contributed by atoms with Gasteiger partial charge in [0.15, 0.2) is 9.90 Å². The fraction of sp³-hybridized carbons (Fsp3) is 0.231. The summed E-state index contributed by atoms with van der Waals surface area (Å²) in [5.41, 5.74) is 3.16. The van der Waals surface area contributed by atoms with Gasteiger partial charge in [-0.25, -0.2) is 22.9 Å². The van der Waals surface area contributed by atoms with E-state index >= 15 is 0 Å². The van der Waals surface area contributed by atoms with Crippen molar-refractivity contribution in [3.63, 3.8) is 0 Å². The summed E-state index contributed by atoms with van der Waals surface area (Å²) in [6.07, 6.45) is 0.827. The molecule has 3 rings (SSSR count). The molecule has 1 aromatic carbocycles. The number of carbonyl (C=O) groups is 1. The first-order valence-corrected chi connectivity index (χ1v) is 8.59. The van der Waals surface area contributed by atoms with E-state index in [4.69, 9.17) is 5.11 Å². The molecule has 1 unspecified atom stereocenters. The van der Waals surface area contributed by atoms with Crippen LogP contribution in [0.15, 0.2) is 34.0 Å². The number of hydrogen-bond donors (Lipinski definition) is 2. The van der Waals surface area contributed by atoms with Crippen molar-refractivity contribution in [2.24, 2.45) is 0 Å². The van der Waals surface area contributed by atoms with Gasteiger partial charge in [-0.15, -0.1) is 11.3 Å². The van der Waals surface area contributed by atoms with Crippen LogP contribution >= 0.6 is 11.3 Å². The van der Waals surface area contributed by atoms with Crippen molar-refractivity contribution >= 4 is 27.3 Å². The van der Waals surface area contributed by atoms with Gasteiger partial charge in [0.25, 0.3) is 10.0 Å². The Morgan fingerprint density at radius 1 is 1.43 bits per heavy atom. The van der Waals surface area contributed by atoms with Crippen molar-refractivity contribution in [2.75, 3.05) is 6.54 Å². The maximum Gasteiger partial charge on any atom is 0.356 e. The third-order valence-corrected chi connectivity index (χ3v) is 6.26. The van der Waals surface area contributed by atoms with Crippen LogP contribution in [0.1, 0.15) is 27.5 Å². The van der Waals surface area contributed by atoms with E-state index in [0.29, 0.717) is 0 Å². The minimum Gasteiger partial charge on any atom is -0.476 e. The summed E-state index contributed by atoms with van der Waals surface area (Å²) in [6.45, 7) is 0.260. The Kier molecular flexibility index (Phi) is 3.52. The number of nitrogens with zero attached hydrogens (tertiary/aromatic N) is 1. The molecule has 0 amide bonds. The lowest BCUT2D eigenvalue weighted by atomic mass is 9.78. The molecule has 1 aliphatic rings. The number of benzene rings is 1. The molecule has 110 valence electrons. The largest absolute Gasteiger partial charge is 0.476 e. The zero-order valence-corrected chi connectivity index (χ0v) is 12.4. The second kappa shape index (κ2) is 5.21. The third kappa shape index (κ3) is 2.57. The van der Waals surface area contributed by atoms with Crippen molar-refractivity contribution < 1.29 is 18.3 Å². The molecule has 0 aliphatic heterocycles. The van der Waals surface area contributed by atoms with Crippen LogP contribution in [-0.2, 0) is 16.4 Å². The van der Waals surface area contributed by atoms with E-state index in [1.54, 1.807) is 0 Å². The molecule has 1 aliphatic carbocycles. The van der Waals surface area contributed by atoms with Crippen molar-refractivity contribution in [1.82, 2.24) is 9.71 Å². The summed E-state index contributed by atoms with van der Waals surface area (Å²) < 4.78 is 26.6. The molecule has 8 heteroatoms. The third-order valence-electron chi connectivity index (χ3n) is 3.46. The molecule has 21 heavy (non-hydrogen) atoms. The number of aromatic carboxylic acids is 1. The van der Waals surface area contributed by atoms with Gasteiger partial charge in [0.2, 0.25) is 0 Å². The van der Waals surface area contributed by atoms with Gasteiger partial charge in [-0.2, -0.15) is 0 Å². The number of carboxylic acid groups (broad SMARTS) is 1. The van der Waals surface area contributed by atoms with Gasteiger partial charge < -0.3 is 5.11 Å². The molecule has 0 spiro atoms. The number of aromatic nitrogens is 1. The highest BCUT2D eigenvalue weighted by molar-refractivity contribution is 7.91. The number of hydrogen-bond acceptors (Lipinski definition) is 5. The van der Waals surface area contributed by atoms with Crippen molar-refractivity contribution in [1.29, 1.82) is 0 Å². The minimum atomic E-state index is -3.84. The Labute approximate surface area is 125 Å². The van der Waals surface area contributed by atoms with Gasteiger partial charge in [0.1, 0.15) is 0 Å². The molecule has 0 fully saturated rings. The van der Waals surface area contributed by atoms with Crippen LogP contribution in [0, 0.1) is 0 Å². The molecule has 1 aromatic heterocycles. The van der Waals surface area contributed by atoms with Gasteiger partial charge in [-0.05, 0) is 17.5 Å². The standard InChI is InChI=1S/C13H12N2O4S2/c16-12(17)11-13(20-7-14-11)21(18,19)15-6-9-5-8-3-1-2-4-10(8)9/h1-4,7,9,15H,5-6H2,(H,16,17). The lowest BCUT2D eigenvalue weighted by molar-refractivity contribution is 0.0687. The van der Waals surface area contributed by atoms with Crippen molar-refractivity contribution in [3.05, 3.63) is 46.6 Å². The van der Waals surface area contributed by atoms with Crippen LogP contribution < -0.4 is 4.72 Å². The molecule has 2 aromatic rings. The van der Waals surface area contributed by atoms with Crippen LogP contribution in [0.25, 0.3) is 0 Å². The topological polar surface area (TPSA) is 96.4 Å². The first kappa shape index (κ1) is 14.2. The zero-order chi connectivity index (χ0) is 15.0. The van der Waals surface area contributed by atoms with Gasteiger partial charge in [-0.3, -0.25) is 0 Å². The Balaban J connectivity index is 1.74. The second-order valence-corrected chi connectivity index (χ2v) is 7.56. The molecule has 2 N–H and O–H groups in total. The number of rotatable bonds is 5. The van der Waals surface area contributed by atoms with Gasteiger partial charge in [0.05, 0.1) is 5.51 Å². The Morgan fingerprint density at radius 2 is 2.19 bits per heavy atom. The van der Waals surface area contributed by atoms with E-state index in [2.05, 4.69) is 9.71 Å². The van der Waals surface area contributed by atoms with E-state index < -0.39 is 21.7 Å². The highest BCUT2D eigenvalue weighted by Gasteiger charge is 2.30. The van der Waals surface area contributed by atoms with Crippen LogP contribution in [-0.4, -0.2) is 31.0 Å². The molecular formula is C13H12N2O4S2. The first-order chi connectivity index (χ1) is 9.99. The average Bonchev–Trinajstić information content (AvgIpc) is 2.90. The SMILES string of the molecule is O=C(O)c1ncsc1S(=O)(=O)NCC1Cc2ccccc21. The van der Waals surface area contributed by atoms with E-state index in [1.807, 2.05) is 24.3 Å². The van der Waals surface area contributed by atoms with E-state index in [9.17, 15) is 13.2 Å². The lowest BCUT2D eigenvalue weighted by Crippen LogP contribution is -2.33. The van der Waals surface area contributed by atoms with Gasteiger partial charge >= 0.3 is 5.97 Å². The zero-order valence-electron chi connectivity index (χ0n) is 10.8.